The van der Waals surface area contributed by atoms with Gasteiger partial charge in [-0.1, -0.05) is 6.58 Å². The monoisotopic (exact) mass is 239 g/mol. The molecule has 0 aromatic carbocycles. The first-order valence-corrected chi connectivity index (χ1v) is 5.50. The maximum atomic E-state index is 11.5. The summed E-state index contributed by atoms with van der Waals surface area (Å²) >= 11 is 1.45. The van der Waals surface area contributed by atoms with Gasteiger partial charge in [0, 0.05) is 12.4 Å². The standard InChI is InChI=1S/C10H13N3O2S/c1-4-10(15)13(3)5-9(14)12-8-6-16-7(2)11-8/h4,6H,1,5H2,2-3H3,(H,12,14). The highest BCUT2D eigenvalue weighted by molar-refractivity contribution is 7.09. The number of amides is 2. The minimum absolute atomic E-state index is 0.0125. The van der Waals surface area contributed by atoms with Crippen LogP contribution in [0.5, 0.6) is 0 Å². The minimum Gasteiger partial charge on any atom is -0.333 e. The zero-order valence-corrected chi connectivity index (χ0v) is 10.0. The molecule has 1 rings (SSSR count). The van der Waals surface area contributed by atoms with Gasteiger partial charge in [-0.05, 0) is 13.0 Å². The van der Waals surface area contributed by atoms with Crippen LogP contribution in [0.25, 0.3) is 0 Å². The molecule has 0 atom stereocenters. The Morgan fingerprint density at radius 2 is 2.38 bits per heavy atom. The molecule has 0 saturated carbocycles. The normalized spacial score (nSPS) is 9.62. The predicted octanol–water partition coefficient (Wildman–Crippen LogP) is 1.03. The Hall–Kier alpha value is -1.69. The lowest BCUT2D eigenvalue weighted by Crippen LogP contribution is -2.33. The van der Waals surface area contributed by atoms with Gasteiger partial charge < -0.3 is 10.2 Å². The summed E-state index contributed by atoms with van der Waals surface area (Å²) < 4.78 is 0. The molecule has 0 aliphatic carbocycles. The highest BCUT2D eigenvalue weighted by Gasteiger charge is 2.10. The fraction of sp³-hybridized carbons (Fsp3) is 0.300. The Balaban J connectivity index is 2.48. The van der Waals surface area contributed by atoms with E-state index in [1.54, 1.807) is 5.38 Å². The van der Waals surface area contributed by atoms with E-state index in [1.807, 2.05) is 6.92 Å². The molecule has 0 radical (unpaired) electrons. The Morgan fingerprint density at radius 1 is 1.69 bits per heavy atom. The fourth-order valence-corrected chi connectivity index (χ4v) is 1.60. The number of hydrogen-bond donors (Lipinski definition) is 1. The average molecular weight is 239 g/mol. The van der Waals surface area contributed by atoms with Gasteiger partial charge in [0.15, 0.2) is 0 Å². The molecule has 0 bridgehead atoms. The van der Waals surface area contributed by atoms with E-state index in [-0.39, 0.29) is 18.4 Å². The highest BCUT2D eigenvalue weighted by atomic mass is 32.1. The zero-order valence-electron chi connectivity index (χ0n) is 9.19. The lowest BCUT2D eigenvalue weighted by molar-refractivity contribution is -0.129. The molecule has 0 unspecified atom stereocenters. The van der Waals surface area contributed by atoms with E-state index < -0.39 is 0 Å². The number of rotatable bonds is 4. The summed E-state index contributed by atoms with van der Waals surface area (Å²) in [6, 6.07) is 0. The largest absolute Gasteiger partial charge is 0.333 e. The van der Waals surface area contributed by atoms with Crippen LogP contribution in [0.1, 0.15) is 5.01 Å². The molecule has 16 heavy (non-hydrogen) atoms. The Labute approximate surface area is 97.8 Å². The van der Waals surface area contributed by atoms with E-state index in [4.69, 9.17) is 0 Å². The summed E-state index contributed by atoms with van der Waals surface area (Å²) in [5, 5.41) is 5.24. The number of carbonyl (C=O) groups excluding carboxylic acids is 2. The highest BCUT2D eigenvalue weighted by Crippen LogP contribution is 2.12. The van der Waals surface area contributed by atoms with E-state index in [2.05, 4.69) is 16.9 Å². The van der Waals surface area contributed by atoms with Crippen molar-refractivity contribution >= 4 is 29.0 Å². The van der Waals surface area contributed by atoms with E-state index in [1.165, 1.54) is 29.4 Å². The molecule has 1 N–H and O–H groups in total. The van der Waals surface area contributed by atoms with Crippen molar-refractivity contribution in [2.24, 2.45) is 0 Å². The molecule has 0 fully saturated rings. The maximum Gasteiger partial charge on any atom is 0.246 e. The van der Waals surface area contributed by atoms with Gasteiger partial charge in [-0.2, -0.15) is 0 Å². The second-order valence-corrected chi connectivity index (χ2v) is 4.26. The van der Waals surface area contributed by atoms with Crippen molar-refractivity contribution < 1.29 is 9.59 Å². The van der Waals surface area contributed by atoms with Crippen molar-refractivity contribution in [3.05, 3.63) is 23.0 Å². The molecule has 0 aliphatic heterocycles. The predicted molar refractivity (Wildman–Crippen MR) is 63.3 cm³/mol. The third-order valence-electron chi connectivity index (χ3n) is 1.82. The number of aromatic nitrogens is 1. The van der Waals surface area contributed by atoms with Crippen LogP contribution in [-0.4, -0.2) is 35.3 Å². The van der Waals surface area contributed by atoms with Crippen LogP contribution in [0.3, 0.4) is 0 Å². The van der Waals surface area contributed by atoms with Crippen molar-refractivity contribution in [2.45, 2.75) is 6.92 Å². The van der Waals surface area contributed by atoms with Gasteiger partial charge in [0.2, 0.25) is 11.8 Å². The molecular weight excluding hydrogens is 226 g/mol. The van der Waals surface area contributed by atoms with Crippen molar-refractivity contribution in [3.8, 4) is 0 Å². The summed E-state index contributed by atoms with van der Waals surface area (Å²) in [6.45, 7) is 5.19. The SMILES string of the molecule is C=CC(=O)N(C)CC(=O)Nc1csc(C)n1. The Kier molecular flexibility index (Phi) is 4.19. The number of anilines is 1. The molecule has 0 saturated heterocycles. The third kappa shape index (κ3) is 3.47. The number of aryl methyl sites for hydroxylation is 1. The van der Waals surface area contributed by atoms with Crippen LogP contribution >= 0.6 is 11.3 Å². The molecule has 2 amide bonds. The molecule has 5 nitrogen and oxygen atoms in total. The van der Waals surface area contributed by atoms with Gasteiger partial charge in [-0.15, -0.1) is 11.3 Å². The van der Waals surface area contributed by atoms with Crippen LogP contribution in [0.15, 0.2) is 18.0 Å². The smallest absolute Gasteiger partial charge is 0.246 e. The molecule has 86 valence electrons. The van der Waals surface area contributed by atoms with Crippen LogP contribution in [0.4, 0.5) is 5.82 Å². The lowest BCUT2D eigenvalue weighted by Gasteiger charge is -2.13. The van der Waals surface area contributed by atoms with Gasteiger partial charge in [-0.3, -0.25) is 9.59 Å². The number of hydrogen-bond acceptors (Lipinski definition) is 4. The van der Waals surface area contributed by atoms with E-state index in [0.29, 0.717) is 5.82 Å². The average Bonchev–Trinajstić information content (AvgIpc) is 2.62. The number of nitrogens with zero attached hydrogens (tertiary/aromatic N) is 2. The van der Waals surface area contributed by atoms with Crippen LogP contribution in [0.2, 0.25) is 0 Å². The van der Waals surface area contributed by atoms with Crippen LogP contribution < -0.4 is 5.32 Å². The summed E-state index contributed by atoms with van der Waals surface area (Å²) in [5.41, 5.74) is 0. The molecule has 6 heteroatoms. The summed E-state index contributed by atoms with van der Waals surface area (Å²) in [7, 11) is 1.54. The number of thiazole rings is 1. The van der Waals surface area contributed by atoms with Crippen LogP contribution in [0, 0.1) is 6.92 Å². The molecule has 1 aromatic rings. The Bertz CT molecular complexity index is 414. The first-order valence-electron chi connectivity index (χ1n) is 4.62. The molecular formula is C10H13N3O2S. The summed E-state index contributed by atoms with van der Waals surface area (Å²) in [4.78, 5) is 28.0. The molecule has 0 spiro atoms. The quantitative estimate of drug-likeness (QED) is 0.798. The van der Waals surface area contributed by atoms with E-state index >= 15 is 0 Å². The van der Waals surface area contributed by atoms with Crippen molar-refractivity contribution in [3.63, 3.8) is 0 Å². The van der Waals surface area contributed by atoms with Gasteiger partial charge in [-0.25, -0.2) is 4.98 Å². The molecule has 0 aliphatic rings. The van der Waals surface area contributed by atoms with E-state index in [0.717, 1.165) is 5.01 Å². The third-order valence-corrected chi connectivity index (χ3v) is 2.59. The number of nitrogens with one attached hydrogen (secondary N) is 1. The Morgan fingerprint density at radius 3 is 2.88 bits per heavy atom. The zero-order chi connectivity index (χ0) is 12.1. The summed E-state index contributed by atoms with van der Waals surface area (Å²) in [5.74, 6) is -0.0421. The molecule has 1 aromatic heterocycles. The van der Waals surface area contributed by atoms with Crippen molar-refractivity contribution in [1.82, 2.24) is 9.88 Å². The van der Waals surface area contributed by atoms with E-state index in [9.17, 15) is 9.59 Å². The summed E-state index contributed by atoms with van der Waals surface area (Å²) in [6.07, 6.45) is 1.17. The maximum absolute atomic E-state index is 11.5. The number of carbonyl (C=O) groups is 2. The van der Waals surface area contributed by atoms with Crippen molar-refractivity contribution in [1.29, 1.82) is 0 Å². The first kappa shape index (κ1) is 12.4. The van der Waals surface area contributed by atoms with Gasteiger partial charge >= 0.3 is 0 Å². The van der Waals surface area contributed by atoms with Gasteiger partial charge in [0.1, 0.15) is 5.82 Å². The van der Waals surface area contributed by atoms with Crippen molar-refractivity contribution in [2.75, 3.05) is 18.9 Å². The topological polar surface area (TPSA) is 62.3 Å². The second-order valence-electron chi connectivity index (χ2n) is 3.20. The lowest BCUT2D eigenvalue weighted by atomic mass is 10.4. The second kappa shape index (κ2) is 5.41. The molecule has 1 heterocycles. The van der Waals surface area contributed by atoms with Gasteiger partial charge in [0.25, 0.3) is 0 Å². The first-order chi connectivity index (χ1) is 7.52. The fourth-order valence-electron chi connectivity index (χ4n) is 1.05. The van der Waals surface area contributed by atoms with Crippen LogP contribution in [-0.2, 0) is 9.59 Å². The minimum atomic E-state index is -0.287. The number of likely N-dealkylation sites (N-methyl/N-ethyl adjacent to an activating group) is 1. The van der Waals surface area contributed by atoms with Gasteiger partial charge in [0.05, 0.1) is 11.6 Å².